The van der Waals surface area contributed by atoms with Crippen molar-refractivity contribution in [2.24, 2.45) is 0 Å². The topological polar surface area (TPSA) is 80.4 Å². The van der Waals surface area contributed by atoms with Crippen LogP contribution in [-0.2, 0) is 20.7 Å². The predicted octanol–water partition coefficient (Wildman–Crippen LogP) is 2.73. The van der Waals surface area contributed by atoms with E-state index in [1.54, 1.807) is 12.1 Å². The zero-order chi connectivity index (χ0) is 19.0. The molecular formula is C21H20N2O4. The number of ether oxygens (including phenoxy) is 2. The van der Waals surface area contributed by atoms with E-state index in [0.717, 1.165) is 27.7 Å². The van der Waals surface area contributed by atoms with Crippen LogP contribution in [0.15, 0.2) is 48.5 Å². The number of aromatic nitrogens is 1. The van der Waals surface area contributed by atoms with Crippen molar-refractivity contribution in [2.75, 3.05) is 14.2 Å². The van der Waals surface area contributed by atoms with Gasteiger partial charge in [-0.3, -0.25) is 10.1 Å². The van der Waals surface area contributed by atoms with Crippen molar-refractivity contribution in [1.82, 2.24) is 10.3 Å². The number of fused-ring (bicyclic) bond motifs is 3. The largest absolute Gasteiger partial charge is 0.468 e. The molecule has 6 nitrogen and oxygen atoms in total. The molecule has 138 valence electrons. The molecule has 0 bridgehead atoms. The number of hydrogen-bond acceptors (Lipinski definition) is 5. The van der Waals surface area contributed by atoms with Gasteiger partial charge in [0.1, 0.15) is 6.04 Å². The smallest absolute Gasteiger partial charge is 0.337 e. The van der Waals surface area contributed by atoms with Crippen LogP contribution in [0.5, 0.6) is 0 Å². The van der Waals surface area contributed by atoms with Gasteiger partial charge in [0.05, 0.1) is 25.8 Å². The van der Waals surface area contributed by atoms with Crippen molar-refractivity contribution >= 4 is 22.8 Å². The van der Waals surface area contributed by atoms with Crippen molar-refractivity contribution in [2.45, 2.75) is 18.5 Å². The van der Waals surface area contributed by atoms with E-state index in [2.05, 4.69) is 16.4 Å². The molecule has 0 fully saturated rings. The third kappa shape index (κ3) is 2.98. The van der Waals surface area contributed by atoms with Gasteiger partial charge >= 0.3 is 11.9 Å². The van der Waals surface area contributed by atoms with Gasteiger partial charge in [-0.25, -0.2) is 4.79 Å². The maximum Gasteiger partial charge on any atom is 0.337 e. The first-order chi connectivity index (χ1) is 13.1. The minimum Gasteiger partial charge on any atom is -0.468 e. The highest BCUT2D eigenvalue weighted by molar-refractivity contribution is 5.89. The molecule has 0 unspecified atom stereocenters. The lowest BCUT2D eigenvalue weighted by atomic mass is 9.90. The number of H-pyrrole nitrogens is 1. The minimum absolute atomic E-state index is 0.211. The fourth-order valence-corrected chi connectivity index (χ4v) is 3.72. The molecule has 2 heterocycles. The fraction of sp³-hybridized carbons (Fsp3) is 0.238. The first-order valence-corrected chi connectivity index (χ1v) is 8.74. The second-order valence-corrected chi connectivity index (χ2v) is 6.56. The zero-order valence-electron chi connectivity index (χ0n) is 15.1. The lowest BCUT2D eigenvalue weighted by molar-refractivity contribution is -0.143. The Morgan fingerprint density at radius 2 is 1.74 bits per heavy atom. The van der Waals surface area contributed by atoms with Gasteiger partial charge in [-0.1, -0.05) is 30.3 Å². The van der Waals surface area contributed by atoms with E-state index < -0.39 is 6.04 Å². The Bertz CT molecular complexity index is 1010. The van der Waals surface area contributed by atoms with Gasteiger partial charge in [0.2, 0.25) is 0 Å². The summed E-state index contributed by atoms with van der Waals surface area (Å²) in [6.45, 7) is 0. The standard InChI is InChI=1S/C21H20N2O4/c1-26-20(24)13-9-7-12(8-10-13)18-19-15(11-17(23-18)21(25)27-2)14-5-3-4-6-16(14)22-19/h3-10,17-18,22-23H,11H2,1-2H3/t17-,18-/m1/s1. The second kappa shape index (κ2) is 6.89. The van der Waals surface area contributed by atoms with Gasteiger partial charge in [-0.2, -0.15) is 0 Å². The van der Waals surface area contributed by atoms with Gasteiger partial charge in [0, 0.05) is 23.0 Å². The number of rotatable bonds is 3. The first kappa shape index (κ1) is 17.3. The van der Waals surface area contributed by atoms with Crippen LogP contribution in [-0.4, -0.2) is 37.2 Å². The van der Waals surface area contributed by atoms with E-state index in [1.807, 2.05) is 30.3 Å². The van der Waals surface area contributed by atoms with E-state index in [9.17, 15) is 9.59 Å². The summed E-state index contributed by atoms with van der Waals surface area (Å²) in [5.41, 5.74) is 4.61. The number of nitrogens with one attached hydrogen (secondary N) is 2. The molecule has 1 aliphatic heterocycles. The van der Waals surface area contributed by atoms with Gasteiger partial charge in [-0.05, 0) is 29.3 Å². The Hall–Kier alpha value is -3.12. The molecule has 1 aromatic heterocycles. The van der Waals surface area contributed by atoms with Crippen LogP contribution in [0, 0.1) is 0 Å². The van der Waals surface area contributed by atoms with Crippen LogP contribution >= 0.6 is 0 Å². The Kier molecular flexibility index (Phi) is 4.41. The van der Waals surface area contributed by atoms with Crippen molar-refractivity contribution in [3.8, 4) is 0 Å². The molecule has 27 heavy (non-hydrogen) atoms. The minimum atomic E-state index is -0.438. The molecule has 0 amide bonds. The molecule has 0 aliphatic carbocycles. The van der Waals surface area contributed by atoms with Gasteiger partial charge < -0.3 is 14.5 Å². The summed E-state index contributed by atoms with van der Waals surface area (Å²) in [6, 6.07) is 14.6. The summed E-state index contributed by atoms with van der Waals surface area (Å²) in [5.74, 6) is -0.668. The predicted molar refractivity (Wildman–Crippen MR) is 101 cm³/mol. The highest BCUT2D eigenvalue weighted by Gasteiger charge is 2.34. The molecule has 0 saturated carbocycles. The number of esters is 2. The summed E-state index contributed by atoms with van der Waals surface area (Å²) in [5, 5.41) is 4.49. The number of aromatic amines is 1. The zero-order valence-corrected chi connectivity index (χ0v) is 15.1. The Morgan fingerprint density at radius 1 is 1.00 bits per heavy atom. The van der Waals surface area contributed by atoms with Crippen molar-refractivity contribution in [3.05, 3.63) is 70.9 Å². The number of carbonyl (C=O) groups is 2. The summed E-state index contributed by atoms with van der Waals surface area (Å²) in [6.07, 6.45) is 0.558. The van der Waals surface area contributed by atoms with Crippen LogP contribution in [0.25, 0.3) is 10.9 Å². The van der Waals surface area contributed by atoms with Crippen molar-refractivity contribution in [1.29, 1.82) is 0 Å². The molecular weight excluding hydrogens is 344 g/mol. The Labute approximate surface area is 156 Å². The highest BCUT2D eigenvalue weighted by Crippen LogP contribution is 2.35. The normalized spacial score (nSPS) is 18.7. The van der Waals surface area contributed by atoms with Crippen molar-refractivity contribution < 1.29 is 19.1 Å². The van der Waals surface area contributed by atoms with E-state index in [0.29, 0.717) is 12.0 Å². The maximum absolute atomic E-state index is 12.2. The molecule has 0 saturated heterocycles. The monoisotopic (exact) mass is 364 g/mol. The summed E-state index contributed by atoms with van der Waals surface area (Å²) in [4.78, 5) is 27.4. The Balaban J connectivity index is 1.79. The number of methoxy groups -OCH3 is 2. The highest BCUT2D eigenvalue weighted by atomic mass is 16.5. The summed E-state index contributed by atoms with van der Waals surface area (Å²) >= 11 is 0. The summed E-state index contributed by atoms with van der Waals surface area (Å²) < 4.78 is 9.73. The van der Waals surface area contributed by atoms with Gasteiger partial charge in [-0.15, -0.1) is 0 Å². The lowest BCUT2D eigenvalue weighted by Gasteiger charge is -2.30. The molecule has 2 N–H and O–H groups in total. The third-order valence-corrected chi connectivity index (χ3v) is 5.06. The number of carbonyl (C=O) groups excluding carboxylic acids is 2. The van der Waals surface area contributed by atoms with Crippen molar-refractivity contribution in [3.63, 3.8) is 0 Å². The summed E-state index contributed by atoms with van der Waals surface area (Å²) in [7, 11) is 2.76. The number of para-hydroxylation sites is 1. The molecule has 1 aliphatic rings. The molecule has 2 aromatic carbocycles. The maximum atomic E-state index is 12.2. The quantitative estimate of drug-likeness (QED) is 0.699. The SMILES string of the molecule is COC(=O)c1ccc([C@H]2N[C@@H](C(=O)OC)Cc3c2[nH]c2ccccc32)cc1. The second-order valence-electron chi connectivity index (χ2n) is 6.56. The van der Waals surface area contributed by atoms with E-state index in [1.165, 1.54) is 14.2 Å². The molecule has 0 spiro atoms. The molecule has 0 radical (unpaired) electrons. The number of benzene rings is 2. The molecule has 6 heteroatoms. The van der Waals surface area contributed by atoms with Crippen LogP contribution in [0.4, 0.5) is 0 Å². The van der Waals surface area contributed by atoms with Crippen LogP contribution < -0.4 is 5.32 Å². The van der Waals surface area contributed by atoms with Crippen LogP contribution in [0.2, 0.25) is 0 Å². The average molecular weight is 364 g/mol. The molecule has 2 atom stereocenters. The van der Waals surface area contributed by atoms with Crippen LogP contribution in [0.3, 0.4) is 0 Å². The van der Waals surface area contributed by atoms with E-state index in [-0.39, 0.29) is 18.0 Å². The average Bonchev–Trinajstić information content (AvgIpc) is 3.10. The Morgan fingerprint density at radius 3 is 2.44 bits per heavy atom. The number of hydrogen-bond donors (Lipinski definition) is 2. The van der Waals surface area contributed by atoms with E-state index in [4.69, 9.17) is 9.47 Å². The van der Waals surface area contributed by atoms with Gasteiger partial charge in [0.15, 0.2) is 0 Å². The van der Waals surface area contributed by atoms with Crippen LogP contribution in [0.1, 0.15) is 33.2 Å². The fourth-order valence-electron chi connectivity index (χ4n) is 3.72. The van der Waals surface area contributed by atoms with E-state index >= 15 is 0 Å². The van der Waals surface area contributed by atoms with Gasteiger partial charge in [0.25, 0.3) is 0 Å². The molecule has 4 rings (SSSR count). The first-order valence-electron chi connectivity index (χ1n) is 8.74. The molecule has 3 aromatic rings. The lowest BCUT2D eigenvalue weighted by Crippen LogP contribution is -2.45. The third-order valence-electron chi connectivity index (χ3n) is 5.06.